The van der Waals surface area contributed by atoms with Crippen LogP contribution in [0.1, 0.15) is 41.3 Å². The van der Waals surface area contributed by atoms with Crippen LogP contribution < -0.4 is 0 Å². The molecule has 4 nitrogen and oxygen atoms in total. The molecule has 0 bridgehead atoms. The molecule has 0 aliphatic carbocycles. The fourth-order valence-corrected chi connectivity index (χ4v) is 1.46. The lowest BCUT2D eigenvalue weighted by Crippen LogP contribution is -2.07. The van der Waals surface area contributed by atoms with Gasteiger partial charge in [-0.3, -0.25) is 0 Å². The summed E-state index contributed by atoms with van der Waals surface area (Å²) >= 11 is 0. The number of carbonyl (C=O) groups excluding carboxylic acids is 1. The van der Waals surface area contributed by atoms with Gasteiger partial charge in [-0.15, -0.1) is 0 Å². The van der Waals surface area contributed by atoms with Gasteiger partial charge < -0.3 is 4.74 Å². The van der Waals surface area contributed by atoms with Gasteiger partial charge in [-0.1, -0.05) is 31.5 Å². The second kappa shape index (κ2) is 6.57. The highest BCUT2D eigenvalue weighted by atomic mass is 16.5. The molecule has 1 aromatic rings. The lowest BCUT2D eigenvalue weighted by molar-refractivity contribution is 0.0599. The van der Waals surface area contributed by atoms with Crippen molar-refractivity contribution in [2.75, 3.05) is 7.11 Å². The Hall–Kier alpha value is -1.89. The van der Waals surface area contributed by atoms with Gasteiger partial charge in [0.1, 0.15) is 0 Å². The summed E-state index contributed by atoms with van der Waals surface area (Å²) in [6.07, 6.45) is 0. The van der Waals surface area contributed by atoms with E-state index < -0.39 is 0 Å². The topological polar surface area (TPSA) is 73.9 Å². The number of rotatable bonds is 2. The summed E-state index contributed by atoms with van der Waals surface area (Å²) in [5.41, 5.74) is 2.89. The predicted molar refractivity (Wildman–Crippen MR) is 60.1 cm³/mol. The van der Waals surface area contributed by atoms with Gasteiger partial charge in [-0.25, -0.2) is 4.79 Å². The Bertz CT molecular complexity index is 384. The van der Waals surface area contributed by atoms with Crippen LogP contribution in [0.5, 0.6) is 0 Å². The van der Waals surface area contributed by atoms with Crippen LogP contribution in [0, 0.1) is 17.7 Å². The SMILES string of the molecule is COC(=O)c1ccc(C)cc1C(C)C.N#N. The lowest BCUT2D eigenvalue weighted by Gasteiger charge is -2.11. The van der Waals surface area contributed by atoms with Gasteiger partial charge in [-0.05, 0) is 24.5 Å². The molecule has 86 valence electrons. The molecule has 0 heterocycles. The van der Waals surface area contributed by atoms with E-state index in [4.69, 9.17) is 15.5 Å². The summed E-state index contributed by atoms with van der Waals surface area (Å²) in [7, 11) is 1.41. The van der Waals surface area contributed by atoms with E-state index in [1.165, 1.54) is 12.7 Å². The second-order valence-electron chi connectivity index (χ2n) is 3.74. The first kappa shape index (κ1) is 14.1. The Morgan fingerprint density at radius 1 is 1.31 bits per heavy atom. The first-order valence-electron chi connectivity index (χ1n) is 4.95. The number of esters is 1. The maximum absolute atomic E-state index is 11.4. The maximum Gasteiger partial charge on any atom is 0.338 e. The molecule has 16 heavy (non-hydrogen) atoms. The summed E-state index contributed by atoms with van der Waals surface area (Å²) in [6.45, 7) is 6.16. The van der Waals surface area contributed by atoms with Crippen LogP contribution >= 0.6 is 0 Å². The third-order valence-corrected chi connectivity index (χ3v) is 2.23. The zero-order valence-corrected chi connectivity index (χ0v) is 10.0. The van der Waals surface area contributed by atoms with Crippen molar-refractivity contribution in [2.24, 2.45) is 0 Å². The number of nitrogens with zero attached hydrogens (tertiary/aromatic N) is 2. The van der Waals surface area contributed by atoms with Gasteiger partial charge in [0.05, 0.1) is 12.7 Å². The molecule has 0 aliphatic rings. The smallest absolute Gasteiger partial charge is 0.338 e. The summed E-state index contributed by atoms with van der Waals surface area (Å²) in [6, 6.07) is 5.80. The summed E-state index contributed by atoms with van der Waals surface area (Å²) in [5.74, 6) is 0.0812. The highest BCUT2D eigenvalue weighted by Gasteiger charge is 2.13. The van der Waals surface area contributed by atoms with Crippen molar-refractivity contribution in [1.29, 1.82) is 10.8 Å². The van der Waals surface area contributed by atoms with Gasteiger partial charge in [-0.2, -0.15) is 0 Å². The van der Waals surface area contributed by atoms with Crippen molar-refractivity contribution in [3.05, 3.63) is 34.9 Å². The molecule has 0 spiro atoms. The van der Waals surface area contributed by atoms with Crippen LogP contribution in [0.25, 0.3) is 0 Å². The van der Waals surface area contributed by atoms with Crippen LogP contribution in [0.3, 0.4) is 0 Å². The molecule has 0 fully saturated rings. The van der Waals surface area contributed by atoms with Crippen LogP contribution in [0.15, 0.2) is 18.2 Å². The Kier molecular flexibility index (Phi) is 5.79. The molecule has 1 rings (SSSR count). The van der Waals surface area contributed by atoms with E-state index in [1.54, 1.807) is 0 Å². The van der Waals surface area contributed by atoms with E-state index in [1.807, 2.05) is 25.1 Å². The second-order valence-corrected chi connectivity index (χ2v) is 3.74. The third kappa shape index (κ3) is 3.35. The average Bonchev–Trinajstić information content (AvgIpc) is 2.30. The van der Waals surface area contributed by atoms with Gasteiger partial charge in [0.15, 0.2) is 0 Å². The molecule has 0 saturated carbocycles. The number of benzene rings is 1. The molecular formula is C12H16N2O2. The van der Waals surface area contributed by atoms with Crippen molar-refractivity contribution in [3.63, 3.8) is 0 Å². The molecule has 0 N–H and O–H groups in total. The molecule has 0 unspecified atom stereocenters. The molecule has 0 aromatic heterocycles. The molecular weight excluding hydrogens is 204 g/mol. The van der Waals surface area contributed by atoms with Crippen LogP contribution in [-0.2, 0) is 4.74 Å². The number of hydrogen-bond acceptors (Lipinski definition) is 4. The van der Waals surface area contributed by atoms with E-state index in [-0.39, 0.29) is 5.97 Å². The maximum atomic E-state index is 11.4. The average molecular weight is 220 g/mol. The molecule has 0 amide bonds. The van der Waals surface area contributed by atoms with E-state index in [9.17, 15) is 4.79 Å². The monoisotopic (exact) mass is 220 g/mol. The summed E-state index contributed by atoms with van der Waals surface area (Å²) < 4.78 is 4.73. The lowest BCUT2D eigenvalue weighted by atomic mass is 9.95. The van der Waals surface area contributed by atoms with Crippen molar-refractivity contribution >= 4 is 5.97 Å². The minimum Gasteiger partial charge on any atom is -0.465 e. The molecule has 0 atom stereocenters. The zero-order chi connectivity index (χ0) is 12.7. The van der Waals surface area contributed by atoms with E-state index in [0.29, 0.717) is 11.5 Å². The van der Waals surface area contributed by atoms with Crippen molar-refractivity contribution < 1.29 is 9.53 Å². The Balaban J connectivity index is 0.00000106. The standard InChI is InChI=1S/C12H16O2.N2/c1-8(2)11-7-9(3)5-6-10(11)12(13)14-4;1-2/h5-8H,1-4H3;. The van der Waals surface area contributed by atoms with E-state index in [2.05, 4.69) is 13.8 Å². The van der Waals surface area contributed by atoms with Crippen LogP contribution in [0.4, 0.5) is 0 Å². The molecule has 0 radical (unpaired) electrons. The Morgan fingerprint density at radius 2 is 1.88 bits per heavy atom. The molecule has 4 heteroatoms. The van der Waals surface area contributed by atoms with Gasteiger partial charge in [0, 0.05) is 10.8 Å². The minimum absolute atomic E-state index is 0.256. The highest BCUT2D eigenvalue weighted by Crippen LogP contribution is 2.21. The number of hydrogen-bond donors (Lipinski definition) is 0. The zero-order valence-electron chi connectivity index (χ0n) is 10.0. The van der Waals surface area contributed by atoms with Gasteiger partial charge >= 0.3 is 5.97 Å². The number of carbonyl (C=O) groups is 1. The van der Waals surface area contributed by atoms with Crippen molar-refractivity contribution in [3.8, 4) is 0 Å². The van der Waals surface area contributed by atoms with Crippen LogP contribution in [0.2, 0.25) is 0 Å². The van der Waals surface area contributed by atoms with Gasteiger partial charge in [0.2, 0.25) is 0 Å². The molecule has 0 aliphatic heterocycles. The van der Waals surface area contributed by atoms with E-state index >= 15 is 0 Å². The highest BCUT2D eigenvalue weighted by molar-refractivity contribution is 5.91. The first-order valence-corrected chi connectivity index (χ1v) is 4.95. The van der Waals surface area contributed by atoms with Crippen molar-refractivity contribution in [1.82, 2.24) is 0 Å². The largest absolute Gasteiger partial charge is 0.465 e. The summed E-state index contributed by atoms with van der Waals surface area (Å²) in [5, 5.41) is 12.0. The number of methoxy groups -OCH3 is 1. The molecule has 0 saturated heterocycles. The number of ether oxygens (including phenoxy) is 1. The summed E-state index contributed by atoms with van der Waals surface area (Å²) in [4.78, 5) is 11.4. The third-order valence-electron chi connectivity index (χ3n) is 2.23. The van der Waals surface area contributed by atoms with Crippen molar-refractivity contribution in [2.45, 2.75) is 26.7 Å². The van der Waals surface area contributed by atoms with E-state index in [0.717, 1.165) is 5.56 Å². The number of aryl methyl sites for hydroxylation is 1. The first-order chi connectivity index (χ1) is 7.56. The predicted octanol–water partition coefficient (Wildman–Crippen LogP) is 2.94. The fourth-order valence-electron chi connectivity index (χ4n) is 1.46. The van der Waals surface area contributed by atoms with Crippen LogP contribution in [-0.4, -0.2) is 13.1 Å². The normalized spacial score (nSPS) is 9.19. The fraction of sp³-hybridized carbons (Fsp3) is 0.417. The Labute approximate surface area is 95.7 Å². The molecule has 1 aromatic carbocycles. The minimum atomic E-state index is -0.256. The van der Waals surface area contributed by atoms with Gasteiger partial charge in [0.25, 0.3) is 0 Å². The quantitative estimate of drug-likeness (QED) is 0.567. The Morgan fingerprint density at radius 3 is 2.31 bits per heavy atom.